The number of carboxylic acids is 1. The van der Waals surface area contributed by atoms with Gasteiger partial charge in [0.2, 0.25) is 0 Å². The fourth-order valence-corrected chi connectivity index (χ4v) is 3.24. The van der Waals surface area contributed by atoms with E-state index in [-0.39, 0.29) is 12.3 Å². The Morgan fingerprint density at radius 3 is 2.83 bits per heavy atom. The Kier molecular flexibility index (Phi) is 3.10. The van der Waals surface area contributed by atoms with Crippen LogP contribution in [0, 0.1) is 5.92 Å². The number of carboxylic acid groups (broad SMARTS) is 1. The van der Waals surface area contributed by atoms with Crippen molar-refractivity contribution >= 4 is 5.97 Å². The Morgan fingerprint density at radius 1 is 1.33 bits per heavy atom. The lowest BCUT2D eigenvalue weighted by molar-refractivity contribution is -0.138. The minimum atomic E-state index is -0.706. The molecule has 4 heteroatoms. The maximum absolute atomic E-state index is 10.8. The van der Waals surface area contributed by atoms with Crippen LogP contribution in [-0.2, 0) is 17.6 Å². The number of aromatic nitrogens is 1. The molecule has 1 atom stereocenters. The molecular weight excluding hydrogens is 230 g/mol. The van der Waals surface area contributed by atoms with Gasteiger partial charge in [0.25, 0.3) is 0 Å². The Labute approximate surface area is 106 Å². The summed E-state index contributed by atoms with van der Waals surface area (Å²) in [6.07, 6.45) is 7.74. The molecule has 0 spiro atoms. The van der Waals surface area contributed by atoms with E-state index in [4.69, 9.17) is 9.52 Å². The predicted molar refractivity (Wildman–Crippen MR) is 65.5 cm³/mol. The van der Waals surface area contributed by atoms with Gasteiger partial charge in [-0.1, -0.05) is 12.8 Å². The summed E-state index contributed by atoms with van der Waals surface area (Å²) < 4.78 is 5.88. The van der Waals surface area contributed by atoms with E-state index in [0.717, 1.165) is 36.6 Å². The number of carbonyl (C=O) groups is 1. The van der Waals surface area contributed by atoms with Crippen molar-refractivity contribution in [2.75, 3.05) is 0 Å². The van der Waals surface area contributed by atoms with Gasteiger partial charge < -0.3 is 9.52 Å². The third kappa shape index (κ3) is 2.28. The van der Waals surface area contributed by atoms with Gasteiger partial charge in [0.05, 0.1) is 5.69 Å². The van der Waals surface area contributed by atoms with Gasteiger partial charge >= 0.3 is 5.97 Å². The third-order valence-electron chi connectivity index (χ3n) is 4.22. The van der Waals surface area contributed by atoms with E-state index < -0.39 is 5.97 Å². The van der Waals surface area contributed by atoms with E-state index in [0.29, 0.717) is 5.92 Å². The molecule has 0 saturated heterocycles. The van der Waals surface area contributed by atoms with Gasteiger partial charge in [-0.2, -0.15) is 0 Å². The van der Waals surface area contributed by atoms with Gasteiger partial charge in [0.15, 0.2) is 5.89 Å². The Balaban J connectivity index is 1.73. The standard InChI is InChI=1S/C14H19NO3/c16-13(17)8-9-5-6-12-11(7-9)15-14(18-12)10-3-1-2-4-10/h9-10H,1-8H2,(H,16,17). The van der Waals surface area contributed by atoms with E-state index in [1.54, 1.807) is 0 Å². The van der Waals surface area contributed by atoms with E-state index in [1.807, 2.05) is 0 Å². The summed E-state index contributed by atoms with van der Waals surface area (Å²) in [7, 11) is 0. The van der Waals surface area contributed by atoms with Crippen molar-refractivity contribution in [3.63, 3.8) is 0 Å². The second-order valence-corrected chi connectivity index (χ2v) is 5.61. The summed E-state index contributed by atoms with van der Waals surface area (Å²) >= 11 is 0. The van der Waals surface area contributed by atoms with Gasteiger partial charge in [-0.25, -0.2) is 4.98 Å². The lowest BCUT2D eigenvalue weighted by atomic mass is 9.88. The second-order valence-electron chi connectivity index (χ2n) is 5.61. The van der Waals surface area contributed by atoms with Crippen LogP contribution in [0.2, 0.25) is 0 Å². The highest BCUT2D eigenvalue weighted by Crippen LogP contribution is 2.36. The molecule has 0 radical (unpaired) electrons. The highest BCUT2D eigenvalue weighted by molar-refractivity contribution is 5.67. The molecule has 1 saturated carbocycles. The van der Waals surface area contributed by atoms with Crippen molar-refractivity contribution in [2.45, 2.75) is 57.3 Å². The molecule has 1 aromatic rings. The van der Waals surface area contributed by atoms with Crippen molar-refractivity contribution in [3.8, 4) is 0 Å². The molecule has 3 rings (SSSR count). The van der Waals surface area contributed by atoms with E-state index in [1.165, 1.54) is 25.7 Å². The largest absolute Gasteiger partial charge is 0.481 e. The lowest BCUT2D eigenvalue weighted by Gasteiger charge is -2.17. The molecular formula is C14H19NO3. The molecule has 0 aromatic carbocycles. The normalized spacial score (nSPS) is 24.1. The number of nitrogens with zero attached hydrogens (tertiary/aromatic N) is 1. The first-order chi connectivity index (χ1) is 8.72. The molecule has 1 heterocycles. The molecule has 0 amide bonds. The number of hydrogen-bond donors (Lipinski definition) is 1. The number of hydrogen-bond acceptors (Lipinski definition) is 3. The van der Waals surface area contributed by atoms with Crippen molar-refractivity contribution in [1.29, 1.82) is 0 Å². The smallest absolute Gasteiger partial charge is 0.303 e. The Morgan fingerprint density at radius 2 is 2.11 bits per heavy atom. The highest BCUT2D eigenvalue weighted by Gasteiger charge is 2.28. The Hall–Kier alpha value is -1.32. The fraction of sp³-hybridized carbons (Fsp3) is 0.714. The zero-order valence-electron chi connectivity index (χ0n) is 10.5. The van der Waals surface area contributed by atoms with Crippen molar-refractivity contribution < 1.29 is 14.3 Å². The number of oxazole rings is 1. The predicted octanol–water partition coefficient (Wildman–Crippen LogP) is 2.91. The van der Waals surface area contributed by atoms with Crippen LogP contribution < -0.4 is 0 Å². The minimum absolute atomic E-state index is 0.233. The summed E-state index contributed by atoms with van der Waals surface area (Å²) in [6.45, 7) is 0. The number of aryl methyl sites for hydroxylation is 1. The molecule has 1 fully saturated rings. The van der Waals surface area contributed by atoms with Crippen LogP contribution in [0.3, 0.4) is 0 Å². The monoisotopic (exact) mass is 249 g/mol. The summed E-state index contributed by atoms with van der Waals surface area (Å²) in [5, 5.41) is 8.85. The average molecular weight is 249 g/mol. The summed E-state index contributed by atoms with van der Waals surface area (Å²) in [5.74, 6) is 1.96. The molecule has 18 heavy (non-hydrogen) atoms. The van der Waals surface area contributed by atoms with Gasteiger partial charge in [-0.05, 0) is 31.6 Å². The van der Waals surface area contributed by atoms with Gasteiger partial charge in [0.1, 0.15) is 5.76 Å². The molecule has 1 N–H and O–H groups in total. The minimum Gasteiger partial charge on any atom is -0.481 e. The SMILES string of the molecule is O=C(O)CC1CCc2oc(C3CCCC3)nc2C1. The molecule has 4 nitrogen and oxygen atoms in total. The van der Waals surface area contributed by atoms with Crippen LogP contribution in [0.5, 0.6) is 0 Å². The average Bonchev–Trinajstić information content (AvgIpc) is 2.95. The number of aliphatic carboxylic acids is 1. The van der Waals surface area contributed by atoms with E-state index in [2.05, 4.69) is 4.98 Å². The zero-order valence-corrected chi connectivity index (χ0v) is 10.5. The van der Waals surface area contributed by atoms with Crippen molar-refractivity contribution in [1.82, 2.24) is 4.98 Å². The molecule has 0 bridgehead atoms. The van der Waals surface area contributed by atoms with Gasteiger partial charge in [-0.15, -0.1) is 0 Å². The number of fused-ring (bicyclic) bond motifs is 1. The van der Waals surface area contributed by atoms with Crippen LogP contribution in [0.15, 0.2) is 4.42 Å². The van der Waals surface area contributed by atoms with Crippen LogP contribution in [0.1, 0.15) is 61.8 Å². The quantitative estimate of drug-likeness (QED) is 0.894. The van der Waals surface area contributed by atoms with E-state index in [9.17, 15) is 4.79 Å². The fourth-order valence-electron chi connectivity index (χ4n) is 3.24. The second kappa shape index (κ2) is 4.75. The van der Waals surface area contributed by atoms with E-state index >= 15 is 0 Å². The number of rotatable bonds is 3. The first-order valence-electron chi connectivity index (χ1n) is 6.92. The first-order valence-corrected chi connectivity index (χ1v) is 6.92. The maximum atomic E-state index is 10.8. The molecule has 1 unspecified atom stereocenters. The van der Waals surface area contributed by atoms with Crippen LogP contribution in [-0.4, -0.2) is 16.1 Å². The molecule has 2 aliphatic carbocycles. The maximum Gasteiger partial charge on any atom is 0.303 e. The summed E-state index contributed by atoms with van der Waals surface area (Å²) in [5.41, 5.74) is 1.02. The van der Waals surface area contributed by atoms with Crippen LogP contribution in [0.25, 0.3) is 0 Å². The molecule has 0 aliphatic heterocycles. The Bertz CT molecular complexity index is 446. The lowest BCUT2D eigenvalue weighted by Crippen LogP contribution is -2.17. The van der Waals surface area contributed by atoms with Gasteiger partial charge in [0, 0.05) is 18.8 Å². The van der Waals surface area contributed by atoms with Crippen LogP contribution in [0.4, 0.5) is 0 Å². The highest BCUT2D eigenvalue weighted by atomic mass is 16.4. The molecule has 98 valence electrons. The first kappa shape index (κ1) is 11.8. The van der Waals surface area contributed by atoms with Crippen LogP contribution >= 0.6 is 0 Å². The molecule has 2 aliphatic rings. The zero-order chi connectivity index (χ0) is 12.5. The summed E-state index contributed by atoms with van der Waals surface area (Å²) in [6, 6.07) is 0. The summed E-state index contributed by atoms with van der Waals surface area (Å²) in [4.78, 5) is 15.4. The molecule has 1 aromatic heterocycles. The van der Waals surface area contributed by atoms with Crippen molar-refractivity contribution in [2.24, 2.45) is 5.92 Å². The topological polar surface area (TPSA) is 63.3 Å². The third-order valence-corrected chi connectivity index (χ3v) is 4.22. The van der Waals surface area contributed by atoms with Gasteiger partial charge in [-0.3, -0.25) is 4.79 Å². The van der Waals surface area contributed by atoms with Crippen molar-refractivity contribution in [3.05, 3.63) is 17.3 Å².